The molecule has 0 saturated carbocycles. The van der Waals surface area contributed by atoms with Crippen LogP contribution in [0.2, 0.25) is 10.0 Å². The van der Waals surface area contributed by atoms with Gasteiger partial charge in [0.1, 0.15) is 0 Å². The molecule has 1 fully saturated rings. The number of carbonyl (C=O) groups is 1. The standard InChI is InChI=1S/C20H22Cl2N2O/c1-24-12-2-3-19(24)20(25)23-11-10-14-4-6-15(7-5-14)16-8-9-17(21)18(22)13-16/h4-9,13,19H,2-3,10-12H2,1H3,(H,23,25). The van der Waals surface area contributed by atoms with Crippen LogP contribution in [0.1, 0.15) is 18.4 Å². The van der Waals surface area contributed by atoms with Gasteiger partial charge in [0.15, 0.2) is 0 Å². The van der Waals surface area contributed by atoms with Gasteiger partial charge in [0.25, 0.3) is 0 Å². The molecule has 5 heteroatoms. The smallest absolute Gasteiger partial charge is 0.237 e. The van der Waals surface area contributed by atoms with E-state index < -0.39 is 0 Å². The second-order valence-corrected chi connectivity index (χ2v) is 7.32. The minimum Gasteiger partial charge on any atom is -0.354 e. The van der Waals surface area contributed by atoms with Crippen LogP contribution in [-0.4, -0.2) is 37.0 Å². The van der Waals surface area contributed by atoms with Crippen molar-refractivity contribution < 1.29 is 4.79 Å². The lowest BCUT2D eigenvalue weighted by atomic mass is 10.0. The average molecular weight is 377 g/mol. The van der Waals surface area contributed by atoms with Gasteiger partial charge in [0, 0.05) is 6.54 Å². The molecule has 0 aromatic heterocycles. The summed E-state index contributed by atoms with van der Waals surface area (Å²) >= 11 is 12.0. The number of amides is 1. The Kier molecular flexibility index (Phi) is 6.00. The van der Waals surface area contributed by atoms with Crippen LogP contribution >= 0.6 is 23.2 Å². The number of likely N-dealkylation sites (tertiary alicyclic amines) is 1. The Balaban J connectivity index is 1.54. The molecule has 1 aliphatic rings. The first-order chi connectivity index (χ1) is 12.0. The molecule has 0 bridgehead atoms. The SMILES string of the molecule is CN1CCCC1C(=O)NCCc1ccc(-c2ccc(Cl)c(Cl)c2)cc1. The van der Waals surface area contributed by atoms with Crippen LogP contribution < -0.4 is 5.32 Å². The molecule has 1 atom stereocenters. The van der Waals surface area contributed by atoms with E-state index in [-0.39, 0.29) is 11.9 Å². The Hall–Kier alpha value is -1.55. The van der Waals surface area contributed by atoms with Crippen LogP contribution in [0.15, 0.2) is 42.5 Å². The molecule has 1 aliphatic heterocycles. The third-order valence-electron chi connectivity index (χ3n) is 4.74. The second-order valence-electron chi connectivity index (χ2n) is 6.51. The first-order valence-electron chi connectivity index (χ1n) is 8.57. The third kappa shape index (κ3) is 4.55. The van der Waals surface area contributed by atoms with Gasteiger partial charge < -0.3 is 5.32 Å². The number of nitrogens with one attached hydrogen (secondary N) is 1. The molecule has 1 unspecified atom stereocenters. The second kappa shape index (κ2) is 8.22. The van der Waals surface area contributed by atoms with Crippen LogP contribution in [0.5, 0.6) is 0 Å². The molecule has 1 saturated heterocycles. The first-order valence-corrected chi connectivity index (χ1v) is 9.32. The summed E-state index contributed by atoms with van der Waals surface area (Å²) in [6, 6.07) is 14.0. The van der Waals surface area contributed by atoms with E-state index in [4.69, 9.17) is 23.2 Å². The number of hydrogen-bond acceptors (Lipinski definition) is 2. The van der Waals surface area contributed by atoms with E-state index in [0.717, 1.165) is 36.9 Å². The number of benzene rings is 2. The molecule has 0 spiro atoms. The fraction of sp³-hybridized carbons (Fsp3) is 0.350. The van der Waals surface area contributed by atoms with Crippen molar-refractivity contribution in [2.75, 3.05) is 20.1 Å². The number of hydrogen-bond donors (Lipinski definition) is 1. The highest BCUT2D eigenvalue weighted by molar-refractivity contribution is 6.42. The maximum Gasteiger partial charge on any atom is 0.237 e. The van der Waals surface area contributed by atoms with E-state index in [1.54, 1.807) is 0 Å². The van der Waals surface area contributed by atoms with Crippen molar-refractivity contribution in [3.05, 3.63) is 58.1 Å². The summed E-state index contributed by atoms with van der Waals surface area (Å²) < 4.78 is 0. The summed E-state index contributed by atoms with van der Waals surface area (Å²) in [6.07, 6.45) is 2.88. The largest absolute Gasteiger partial charge is 0.354 e. The number of carbonyl (C=O) groups excluding carboxylic acids is 1. The van der Waals surface area contributed by atoms with Gasteiger partial charge in [0.05, 0.1) is 16.1 Å². The van der Waals surface area contributed by atoms with Gasteiger partial charge in [-0.3, -0.25) is 9.69 Å². The number of nitrogens with zero attached hydrogens (tertiary/aromatic N) is 1. The van der Waals surface area contributed by atoms with Gasteiger partial charge in [-0.25, -0.2) is 0 Å². The minimum atomic E-state index is 0.0389. The molecule has 132 valence electrons. The predicted octanol–water partition coefficient (Wildman–Crippen LogP) is 4.41. The fourth-order valence-corrected chi connectivity index (χ4v) is 3.53. The highest BCUT2D eigenvalue weighted by atomic mass is 35.5. The van der Waals surface area contributed by atoms with E-state index in [0.29, 0.717) is 16.6 Å². The summed E-state index contributed by atoms with van der Waals surface area (Å²) in [6.45, 7) is 1.67. The Morgan fingerprint density at radius 2 is 1.84 bits per heavy atom. The fourth-order valence-electron chi connectivity index (χ4n) is 3.23. The van der Waals surface area contributed by atoms with Gasteiger partial charge in [-0.15, -0.1) is 0 Å². The lowest BCUT2D eigenvalue weighted by Crippen LogP contribution is -2.42. The molecule has 3 nitrogen and oxygen atoms in total. The maximum absolute atomic E-state index is 12.2. The zero-order valence-electron chi connectivity index (χ0n) is 14.3. The molecule has 2 aromatic carbocycles. The Labute approximate surface area is 158 Å². The quantitative estimate of drug-likeness (QED) is 0.837. The lowest BCUT2D eigenvalue weighted by Gasteiger charge is -2.18. The van der Waals surface area contributed by atoms with Crippen LogP contribution in [0.3, 0.4) is 0 Å². The third-order valence-corrected chi connectivity index (χ3v) is 5.48. The lowest BCUT2D eigenvalue weighted by molar-refractivity contribution is -0.125. The first kappa shape index (κ1) is 18.2. The molecule has 1 amide bonds. The zero-order chi connectivity index (χ0) is 17.8. The number of rotatable bonds is 5. The summed E-state index contributed by atoms with van der Waals surface area (Å²) in [5.74, 6) is 0.146. The van der Waals surface area contributed by atoms with Crippen molar-refractivity contribution in [2.24, 2.45) is 0 Å². The molecule has 2 aromatic rings. The normalized spacial score (nSPS) is 17.6. The highest BCUT2D eigenvalue weighted by Crippen LogP contribution is 2.28. The van der Waals surface area contributed by atoms with Crippen molar-refractivity contribution in [2.45, 2.75) is 25.3 Å². The van der Waals surface area contributed by atoms with Crippen LogP contribution in [0.25, 0.3) is 11.1 Å². The van der Waals surface area contributed by atoms with Gasteiger partial charge in [-0.05, 0) is 61.7 Å². The van der Waals surface area contributed by atoms with Crippen molar-refractivity contribution in [1.82, 2.24) is 10.2 Å². The van der Waals surface area contributed by atoms with Crippen molar-refractivity contribution in [3.63, 3.8) is 0 Å². The van der Waals surface area contributed by atoms with Crippen LogP contribution in [0, 0.1) is 0 Å². The van der Waals surface area contributed by atoms with Crippen molar-refractivity contribution in [1.29, 1.82) is 0 Å². The monoisotopic (exact) mass is 376 g/mol. The van der Waals surface area contributed by atoms with Crippen LogP contribution in [-0.2, 0) is 11.2 Å². The predicted molar refractivity (Wildman–Crippen MR) is 104 cm³/mol. The summed E-state index contributed by atoms with van der Waals surface area (Å²) in [4.78, 5) is 14.3. The van der Waals surface area contributed by atoms with E-state index in [1.807, 2.05) is 25.2 Å². The van der Waals surface area contributed by atoms with Gasteiger partial charge in [0.2, 0.25) is 5.91 Å². The van der Waals surface area contributed by atoms with Crippen LogP contribution in [0.4, 0.5) is 0 Å². The van der Waals surface area contributed by atoms with E-state index in [1.165, 1.54) is 5.56 Å². The van der Waals surface area contributed by atoms with Gasteiger partial charge in [-0.1, -0.05) is 53.5 Å². The van der Waals surface area contributed by atoms with Gasteiger partial charge in [-0.2, -0.15) is 0 Å². The van der Waals surface area contributed by atoms with Crippen molar-refractivity contribution in [3.8, 4) is 11.1 Å². The molecule has 1 N–H and O–H groups in total. The average Bonchev–Trinajstić information content (AvgIpc) is 3.04. The molecule has 0 aliphatic carbocycles. The minimum absolute atomic E-state index is 0.0389. The number of halogens is 2. The van der Waals surface area contributed by atoms with E-state index in [2.05, 4.69) is 34.5 Å². The van der Waals surface area contributed by atoms with Crippen molar-refractivity contribution >= 4 is 29.1 Å². The van der Waals surface area contributed by atoms with Gasteiger partial charge >= 0.3 is 0 Å². The summed E-state index contributed by atoms with van der Waals surface area (Å²) in [5, 5.41) is 4.17. The zero-order valence-corrected chi connectivity index (χ0v) is 15.8. The maximum atomic E-state index is 12.2. The highest BCUT2D eigenvalue weighted by Gasteiger charge is 2.27. The molecule has 0 radical (unpaired) electrons. The summed E-state index contributed by atoms with van der Waals surface area (Å²) in [5.41, 5.74) is 3.33. The summed E-state index contributed by atoms with van der Waals surface area (Å²) in [7, 11) is 2.01. The number of likely N-dealkylation sites (N-methyl/N-ethyl adjacent to an activating group) is 1. The molecule has 3 rings (SSSR count). The van der Waals surface area contributed by atoms with E-state index >= 15 is 0 Å². The molecule has 1 heterocycles. The molecule has 25 heavy (non-hydrogen) atoms. The molecular formula is C20H22Cl2N2O. The van der Waals surface area contributed by atoms with E-state index in [9.17, 15) is 4.79 Å². The molecular weight excluding hydrogens is 355 g/mol. The Bertz CT molecular complexity index is 746. The Morgan fingerprint density at radius 1 is 1.12 bits per heavy atom. The topological polar surface area (TPSA) is 32.3 Å². The Morgan fingerprint density at radius 3 is 2.48 bits per heavy atom.